The molecule has 0 saturated carbocycles. The third kappa shape index (κ3) is 5.42. The summed E-state index contributed by atoms with van der Waals surface area (Å²) < 4.78 is 36.2. The highest BCUT2D eigenvalue weighted by Crippen LogP contribution is 2.15. The summed E-state index contributed by atoms with van der Waals surface area (Å²) in [6.45, 7) is -0.239. The predicted molar refractivity (Wildman–Crippen MR) is 83.1 cm³/mol. The molecule has 2 amide bonds. The zero-order chi connectivity index (χ0) is 17.6. The average Bonchev–Trinajstić information content (AvgIpc) is 2.54. The Morgan fingerprint density at radius 2 is 1.50 bits per heavy atom. The average molecular weight is 336 g/mol. The number of halogens is 3. The van der Waals surface area contributed by atoms with Crippen LogP contribution in [0.15, 0.2) is 54.6 Å². The Kier molecular flexibility index (Phi) is 5.57. The van der Waals surface area contributed by atoms with E-state index in [1.165, 1.54) is 12.1 Å². The minimum absolute atomic E-state index is 0.195. The van der Waals surface area contributed by atoms with Gasteiger partial charge in [-0.15, -0.1) is 0 Å². The van der Waals surface area contributed by atoms with Gasteiger partial charge in [-0.2, -0.15) is 13.2 Å². The van der Waals surface area contributed by atoms with E-state index < -0.39 is 12.1 Å². The van der Waals surface area contributed by atoms with Crippen molar-refractivity contribution in [3.05, 3.63) is 65.7 Å². The first kappa shape index (κ1) is 17.5. The third-order valence-electron chi connectivity index (χ3n) is 3.16. The predicted octanol–water partition coefficient (Wildman–Crippen LogP) is 3.05. The van der Waals surface area contributed by atoms with Crippen LogP contribution in [0.25, 0.3) is 0 Å². The van der Waals surface area contributed by atoms with Crippen LogP contribution in [-0.4, -0.2) is 18.0 Å². The zero-order valence-corrected chi connectivity index (χ0v) is 12.6. The molecule has 126 valence electrons. The zero-order valence-electron chi connectivity index (χ0n) is 12.6. The number of carbonyl (C=O) groups excluding carboxylic acids is 2. The third-order valence-corrected chi connectivity index (χ3v) is 3.16. The Balaban J connectivity index is 1.85. The molecular formula is C17H15F3N2O2. The standard InChI is InChI=1S/C17H15F3N2O2/c18-17(19,20)16(24)21-11-13-6-8-14(9-7-13)22-15(23)10-12-4-2-1-3-5-12/h1-9H,10-11H2,(H,21,24)(H,22,23). The van der Waals surface area contributed by atoms with Gasteiger partial charge in [-0.25, -0.2) is 0 Å². The molecule has 0 bridgehead atoms. The van der Waals surface area contributed by atoms with Crippen LogP contribution in [0.2, 0.25) is 0 Å². The summed E-state index contributed by atoms with van der Waals surface area (Å²) in [5.74, 6) is -2.18. The SMILES string of the molecule is O=C(Cc1ccccc1)Nc1ccc(CNC(=O)C(F)(F)F)cc1. The summed E-state index contributed by atoms with van der Waals surface area (Å²) in [5.41, 5.74) is 1.90. The van der Waals surface area contributed by atoms with E-state index in [1.807, 2.05) is 30.3 Å². The van der Waals surface area contributed by atoms with Crippen molar-refractivity contribution in [2.24, 2.45) is 0 Å². The number of hydrogen-bond acceptors (Lipinski definition) is 2. The van der Waals surface area contributed by atoms with Crippen molar-refractivity contribution in [1.29, 1.82) is 0 Å². The maximum atomic E-state index is 12.1. The summed E-state index contributed by atoms with van der Waals surface area (Å²) in [5, 5.41) is 4.48. The minimum Gasteiger partial charge on any atom is -0.344 e. The van der Waals surface area contributed by atoms with Crippen molar-refractivity contribution >= 4 is 17.5 Å². The maximum absolute atomic E-state index is 12.1. The number of rotatable bonds is 5. The normalized spacial score (nSPS) is 11.0. The molecule has 2 aromatic carbocycles. The van der Waals surface area contributed by atoms with Gasteiger partial charge in [-0.05, 0) is 23.3 Å². The monoisotopic (exact) mass is 336 g/mol. The number of alkyl halides is 3. The molecule has 24 heavy (non-hydrogen) atoms. The Hall–Kier alpha value is -2.83. The first-order valence-electron chi connectivity index (χ1n) is 7.12. The van der Waals surface area contributed by atoms with E-state index in [4.69, 9.17) is 0 Å². The lowest BCUT2D eigenvalue weighted by Gasteiger charge is -2.09. The first-order chi connectivity index (χ1) is 11.3. The van der Waals surface area contributed by atoms with E-state index in [9.17, 15) is 22.8 Å². The molecule has 0 aliphatic carbocycles. The second kappa shape index (κ2) is 7.63. The van der Waals surface area contributed by atoms with Gasteiger partial charge in [-0.1, -0.05) is 42.5 Å². The minimum atomic E-state index is -4.90. The van der Waals surface area contributed by atoms with Gasteiger partial charge in [0.25, 0.3) is 0 Å². The smallest absolute Gasteiger partial charge is 0.344 e. The van der Waals surface area contributed by atoms with Crippen molar-refractivity contribution < 1.29 is 22.8 Å². The van der Waals surface area contributed by atoms with Crippen LogP contribution in [0.1, 0.15) is 11.1 Å². The van der Waals surface area contributed by atoms with Crippen molar-refractivity contribution in [2.75, 3.05) is 5.32 Å². The van der Waals surface area contributed by atoms with E-state index in [-0.39, 0.29) is 18.9 Å². The van der Waals surface area contributed by atoms with Gasteiger partial charge in [0.2, 0.25) is 5.91 Å². The molecule has 0 aromatic heterocycles. The summed E-state index contributed by atoms with van der Waals surface area (Å²) in [6, 6.07) is 15.4. The molecule has 2 aromatic rings. The highest BCUT2D eigenvalue weighted by molar-refractivity contribution is 5.92. The fraction of sp³-hybridized carbons (Fsp3) is 0.176. The highest BCUT2D eigenvalue weighted by atomic mass is 19.4. The lowest BCUT2D eigenvalue weighted by molar-refractivity contribution is -0.173. The lowest BCUT2D eigenvalue weighted by Crippen LogP contribution is -2.36. The highest BCUT2D eigenvalue weighted by Gasteiger charge is 2.38. The number of benzene rings is 2. The van der Waals surface area contributed by atoms with E-state index >= 15 is 0 Å². The maximum Gasteiger partial charge on any atom is 0.471 e. The number of amides is 2. The Labute approximate surface area is 136 Å². The molecule has 0 aliphatic rings. The fourth-order valence-electron chi connectivity index (χ4n) is 1.97. The molecule has 2 N–H and O–H groups in total. The number of hydrogen-bond donors (Lipinski definition) is 2. The van der Waals surface area contributed by atoms with Crippen LogP contribution in [0.5, 0.6) is 0 Å². The van der Waals surface area contributed by atoms with E-state index in [0.717, 1.165) is 5.56 Å². The molecule has 0 spiro atoms. The van der Waals surface area contributed by atoms with Gasteiger partial charge < -0.3 is 10.6 Å². The molecule has 4 nitrogen and oxygen atoms in total. The van der Waals surface area contributed by atoms with Gasteiger partial charge in [-0.3, -0.25) is 9.59 Å². The second-order valence-electron chi connectivity index (χ2n) is 5.09. The van der Waals surface area contributed by atoms with Gasteiger partial charge in [0, 0.05) is 12.2 Å². The summed E-state index contributed by atoms with van der Waals surface area (Å²) in [7, 11) is 0. The van der Waals surface area contributed by atoms with Gasteiger partial charge in [0.1, 0.15) is 0 Å². The summed E-state index contributed by atoms with van der Waals surface area (Å²) in [6.07, 6.45) is -4.67. The molecule has 0 fully saturated rings. The largest absolute Gasteiger partial charge is 0.471 e. The number of anilines is 1. The molecule has 0 atom stereocenters. The molecule has 0 aliphatic heterocycles. The summed E-state index contributed by atoms with van der Waals surface area (Å²) >= 11 is 0. The molecular weight excluding hydrogens is 321 g/mol. The van der Waals surface area contributed by atoms with Gasteiger partial charge >= 0.3 is 12.1 Å². The van der Waals surface area contributed by atoms with Crippen molar-refractivity contribution in [2.45, 2.75) is 19.1 Å². The van der Waals surface area contributed by atoms with Crippen molar-refractivity contribution in [3.63, 3.8) is 0 Å². The van der Waals surface area contributed by atoms with Crippen LogP contribution < -0.4 is 10.6 Å². The van der Waals surface area contributed by atoms with Crippen LogP contribution >= 0.6 is 0 Å². The Morgan fingerprint density at radius 1 is 0.875 bits per heavy atom. The van der Waals surface area contributed by atoms with Crippen LogP contribution in [0.3, 0.4) is 0 Å². The van der Waals surface area contributed by atoms with Crippen molar-refractivity contribution in [3.8, 4) is 0 Å². The molecule has 2 rings (SSSR count). The Morgan fingerprint density at radius 3 is 2.08 bits per heavy atom. The van der Waals surface area contributed by atoms with E-state index in [0.29, 0.717) is 11.3 Å². The molecule has 0 heterocycles. The molecule has 0 radical (unpaired) electrons. The van der Waals surface area contributed by atoms with E-state index in [2.05, 4.69) is 5.32 Å². The van der Waals surface area contributed by atoms with Crippen LogP contribution in [0, 0.1) is 0 Å². The van der Waals surface area contributed by atoms with E-state index in [1.54, 1.807) is 17.4 Å². The molecule has 0 unspecified atom stereocenters. The quantitative estimate of drug-likeness (QED) is 0.882. The van der Waals surface area contributed by atoms with Gasteiger partial charge in [0.05, 0.1) is 6.42 Å². The Bertz CT molecular complexity index is 698. The van der Waals surface area contributed by atoms with Gasteiger partial charge in [0.15, 0.2) is 0 Å². The van der Waals surface area contributed by atoms with Crippen LogP contribution in [0.4, 0.5) is 18.9 Å². The topological polar surface area (TPSA) is 58.2 Å². The second-order valence-corrected chi connectivity index (χ2v) is 5.09. The summed E-state index contributed by atoms with van der Waals surface area (Å²) in [4.78, 5) is 22.6. The van der Waals surface area contributed by atoms with Crippen molar-refractivity contribution in [1.82, 2.24) is 5.32 Å². The molecule has 7 heteroatoms. The molecule has 0 saturated heterocycles. The fourth-order valence-corrected chi connectivity index (χ4v) is 1.97. The number of carbonyl (C=O) groups is 2. The van der Waals surface area contributed by atoms with Crippen LogP contribution in [-0.2, 0) is 22.6 Å². The lowest BCUT2D eigenvalue weighted by atomic mass is 10.1. The number of nitrogens with one attached hydrogen (secondary N) is 2. The first-order valence-corrected chi connectivity index (χ1v) is 7.12.